The number of benzene rings is 2. The van der Waals surface area contributed by atoms with Crippen molar-refractivity contribution >= 4 is 11.8 Å². The summed E-state index contributed by atoms with van der Waals surface area (Å²) in [7, 11) is 0. The number of hydrogen-bond acceptors (Lipinski definition) is 4. The summed E-state index contributed by atoms with van der Waals surface area (Å²) in [6, 6.07) is 18.1. The second-order valence-electron chi connectivity index (χ2n) is 5.10. The molecule has 0 N–H and O–H groups in total. The topological polar surface area (TPSA) is 39.9 Å². The zero-order chi connectivity index (χ0) is 16.1. The summed E-state index contributed by atoms with van der Waals surface area (Å²) in [4.78, 5) is 0. The number of nitrogens with zero attached hydrogens (tertiary/aromatic N) is 3. The summed E-state index contributed by atoms with van der Waals surface area (Å²) in [6.45, 7) is 4.57. The van der Waals surface area contributed by atoms with Crippen molar-refractivity contribution < 1.29 is 4.74 Å². The van der Waals surface area contributed by atoms with Crippen molar-refractivity contribution in [3.05, 3.63) is 66.0 Å². The third kappa shape index (κ3) is 3.74. The van der Waals surface area contributed by atoms with E-state index in [0.717, 1.165) is 28.2 Å². The molecular weight excluding hydrogens is 306 g/mol. The van der Waals surface area contributed by atoms with Crippen molar-refractivity contribution in [3.8, 4) is 11.4 Å². The second-order valence-corrected chi connectivity index (χ2v) is 6.34. The Balaban J connectivity index is 1.89. The number of hydrogen-bond donors (Lipinski definition) is 0. The highest BCUT2D eigenvalue weighted by atomic mass is 32.2. The molecule has 0 amide bonds. The second kappa shape index (κ2) is 7.33. The minimum Gasteiger partial charge on any atom is -0.486 e. The van der Waals surface area contributed by atoms with Gasteiger partial charge in [0.25, 0.3) is 0 Å². The van der Waals surface area contributed by atoms with E-state index in [1.807, 2.05) is 30.3 Å². The van der Waals surface area contributed by atoms with E-state index in [1.165, 1.54) is 5.56 Å². The number of aromatic nitrogens is 3. The van der Waals surface area contributed by atoms with Crippen LogP contribution in [0.15, 0.2) is 59.8 Å². The van der Waals surface area contributed by atoms with Crippen LogP contribution in [0.1, 0.15) is 18.3 Å². The molecule has 0 aliphatic rings. The van der Waals surface area contributed by atoms with E-state index < -0.39 is 0 Å². The molecule has 0 unspecified atom stereocenters. The van der Waals surface area contributed by atoms with Crippen molar-refractivity contribution in [2.24, 2.45) is 0 Å². The highest BCUT2D eigenvalue weighted by Crippen LogP contribution is 2.23. The summed E-state index contributed by atoms with van der Waals surface area (Å²) in [6.07, 6.45) is 0. The van der Waals surface area contributed by atoms with Crippen molar-refractivity contribution in [2.45, 2.75) is 25.6 Å². The predicted octanol–water partition coefficient (Wildman–Crippen LogP) is 4.27. The van der Waals surface area contributed by atoms with Gasteiger partial charge in [0.2, 0.25) is 0 Å². The van der Waals surface area contributed by atoms with Crippen LogP contribution in [-0.4, -0.2) is 20.5 Å². The van der Waals surface area contributed by atoms with E-state index in [-0.39, 0.29) is 0 Å². The van der Waals surface area contributed by atoms with Gasteiger partial charge in [-0.1, -0.05) is 54.6 Å². The minimum absolute atomic E-state index is 0.384. The van der Waals surface area contributed by atoms with Crippen LogP contribution in [-0.2, 0) is 6.61 Å². The molecule has 23 heavy (non-hydrogen) atoms. The Labute approximate surface area is 140 Å². The molecule has 0 fully saturated rings. The fraction of sp³-hybridized carbons (Fsp3) is 0.222. The first kappa shape index (κ1) is 15.6. The Kier molecular flexibility index (Phi) is 4.98. The lowest BCUT2D eigenvalue weighted by Crippen LogP contribution is -2.06. The molecule has 5 heteroatoms. The first-order chi connectivity index (χ1) is 11.3. The molecule has 1 aromatic heterocycles. The Morgan fingerprint density at radius 2 is 1.74 bits per heavy atom. The van der Waals surface area contributed by atoms with Gasteiger partial charge in [-0.3, -0.25) is 4.57 Å². The fourth-order valence-electron chi connectivity index (χ4n) is 2.23. The fourth-order valence-corrected chi connectivity index (χ4v) is 2.93. The van der Waals surface area contributed by atoms with Gasteiger partial charge in [0.15, 0.2) is 11.0 Å². The molecule has 4 nitrogen and oxygen atoms in total. The lowest BCUT2D eigenvalue weighted by Gasteiger charge is -2.11. The van der Waals surface area contributed by atoms with Crippen LogP contribution in [0.4, 0.5) is 0 Å². The molecule has 1 heterocycles. The van der Waals surface area contributed by atoms with E-state index in [2.05, 4.69) is 52.9 Å². The zero-order valence-corrected chi connectivity index (χ0v) is 14.1. The van der Waals surface area contributed by atoms with Crippen LogP contribution < -0.4 is 4.74 Å². The monoisotopic (exact) mass is 325 g/mol. The molecule has 0 spiro atoms. The summed E-state index contributed by atoms with van der Waals surface area (Å²) in [5, 5.41) is 9.52. The molecule has 0 bridgehead atoms. The molecule has 0 aliphatic carbocycles. The van der Waals surface area contributed by atoms with Crippen molar-refractivity contribution in [1.82, 2.24) is 14.8 Å². The Morgan fingerprint density at radius 3 is 2.43 bits per heavy atom. The first-order valence-electron chi connectivity index (χ1n) is 7.60. The summed E-state index contributed by atoms with van der Waals surface area (Å²) in [5.41, 5.74) is 2.29. The van der Waals surface area contributed by atoms with Crippen LogP contribution in [0.25, 0.3) is 5.69 Å². The van der Waals surface area contributed by atoms with E-state index in [4.69, 9.17) is 4.74 Å². The van der Waals surface area contributed by atoms with Crippen LogP contribution >= 0.6 is 11.8 Å². The summed E-state index contributed by atoms with van der Waals surface area (Å²) >= 11 is 1.68. The van der Waals surface area contributed by atoms with Crippen LogP contribution in [0, 0.1) is 6.92 Å². The van der Waals surface area contributed by atoms with Gasteiger partial charge in [-0.15, -0.1) is 10.2 Å². The summed E-state index contributed by atoms with van der Waals surface area (Å²) in [5.74, 6) is 2.58. The normalized spacial score (nSPS) is 10.7. The van der Waals surface area contributed by atoms with Gasteiger partial charge in [0, 0.05) is 5.69 Å². The number of rotatable bonds is 6. The van der Waals surface area contributed by atoms with Crippen molar-refractivity contribution in [1.29, 1.82) is 0 Å². The maximum Gasteiger partial charge on any atom is 0.195 e. The molecule has 3 aromatic rings. The van der Waals surface area contributed by atoms with Gasteiger partial charge in [-0.05, 0) is 36.9 Å². The smallest absolute Gasteiger partial charge is 0.195 e. The van der Waals surface area contributed by atoms with Gasteiger partial charge in [0.05, 0.1) is 0 Å². The van der Waals surface area contributed by atoms with Gasteiger partial charge >= 0.3 is 0 Å². The highest BCUT2D eigenvalue weighted by Gasteiger charge is 2.14. The molecule has 0 radical (unpaired) electrons. The van der Waals surface area contributed by atoms with Gasteiger partial charge in [0.1, 0.15) is 12.4 Å². The van der Waals surface area contributed by atoms with Crippen LogP contribution in [0.3, 0.4) is 0 Å². The lowest BCUT2D eigenvalue weighted by atomic mass is 10.2. The Bertz CT molecular complexity index is 754. The largest absolute Gasteiger partial charge is 0.486 e. The van der Waals surface area contributed by atoms with Crippen LogP contribution in [0.2, 0.25) is 0 Å². The molecule has 0 saturated heterocycles. The number of aryl methyl sites for hydroxylation is 1. The Morgan fingerprint density at radius 1 is 1.00 bits per heavy atom. The molecular formula is C18H19N3OS. The number of para-hydroxylation sites is 1. The predicted molar refractivity (Wildman–Crippen MR) is 93.3 cm³/mol. The van der Waals surface area contributed by atoms with Gasteiger partial charge < -0.3 is 4.74 Å². The van der Waals surface area contributed by atoms with Crippen molar-refractivity contribution in [2.75, 3.05) is 5.75 Å². The third-order valence-electron chi connectivity index (χ3n) is 3.38. The molecule has 0 aliphatic heterocycles. The lowest BCUT2D eigenvalue weighted by molar-refractivity contribution is 0.293. The summed E-state index contributed by atoms with van der Waals surface area (Å²) < 4.78 is 7.90. The van der Waals surface area contributed by atoms with E-state index in [0.29, 0.717) is 6.61 Å². The molecule has 3 rings (SSSR count). The molecule has 118 valence electrons. The standard InChI is InChI=1S/C18H19N3OS/c1-3-23-18-20-19-17(13-22-16-7-5-4-6-8-16)21(18)15-11-9-14(2)10-12-15/h4-12H,3,13H2,1-2H3. The number of thioether (sulfide) groups is 1. The zero-order valence-electron chi connectivity index (χ0n) is 13.3. The molecule has 0 atom stereocenters. The van der Waals surface area contributed by atoms with Gasteiger partial charge in [-0.25, -0.2) is 0 Å². The van der Waals surface area contributed by atoms with E-state index in [1.54, 1.807) is 11.8 Å². The van der Waals surface area contributed by atoms with Crippen LogP contribution in [0.5, 0.6) is 5.75 Å². The number of ether oxygens (including phenoxy) is 1. The molecule has 0 saturated carbocycles. The van der Waals surface area contributed by atoms with Gasteiger partial charge in [-0.2, -0.15) is 0 Å². The quantitative estimate of drug-likeness (QED) is 0.635. The first-order valence-corrected chi connectivity index (χ1v) is 8.58. The maximum absolute atomic E-state index is 5.84. The molecule has 2 aromatic carbocycles. The SMILES string of the molecule is CCSc1nnc(COc2ccccc2)n1-c1ccc(C)cc1. The Hall–Kier alpha value is -2.27. The van der Waals surface area contributed by atoms with E-state index >= 15 is 0 Å². The maximum atomic E-state index is 5.84. The third-order valence-corrected chi connectivity index (χ3v) is 4.19. The average molecular weight is 325 g/mol. The average Bonchev–Trinajstić information content (AvgIpc) is 2.98. The van der Waals surface area contributed by atoms with E-state index in [9.17, 15) is 0 Å². The minimum atomic E-state index is 0.384. The van der Waals surface area contributed by atoms with Crippen molar-refractivity contribution in [3.63, 3.8) is 0 Å². The highest BCUT2D eigenvalue weighted by molar-refractivity contribution is 7.99.